The minimum atomic E-state index is -1.23. The number of halogens is 4. The molecule has 0 aliphatic carbocycles. The van der Waals surface area contributed by atoms with Gasteiger partial charge in [0.1, 0.15) is 5.69 Å². The van der Waals surface area contributed by atoms with E-state index >= 15 is 0 Å². The van der Waals surface area contributed by atoms with Gasteiger partial charge in [-0.15, -0.1) is 0 Å². The van der Waals surface area contributed by atoms with Crippen molar-refractivity contribution in [3.8, 4) is 16.8 Å². The number of rotatable bonds is 2. The normalized spacial score (nSPS) is 10.9. The average molecular weight is 353 g/mol. The van der Waals surface area contributed by atoms with Crippen LogP contribution in [0.4, 0.5) is 13.2 Å². The van der Waals surface area contributed by atoms with Gasteiger partial charge in [-0.1, -0.05) is 34.1 Å². The van der Waals surface area contributed by atoms with Crippen LogP contribution in [0.25, 0.3) is 16.8 Å². The third kappa shape index (κ3) is 2.58. The number of hydrogen-bond donors (Lipinski definition) is 0. The highest BCUT2D eigenvalue weighted by Gasteiger charge is 2.13. The molecule has 0 aliphatic heterocycles. The van der Waals surface area contributed by atoms with Crippen molar-refractivity contribution in [2.24, 2.45) is 0 Å². The first-order valence-corrected chi connectivity index (χ1v) is 6.80. The molecule has 0 unspecified atom stereocenters. The summed E-state index contributed by atoms with van der Waals surface area (Å²) in [5.74, 6) is -3.23. The lowest BCUT2D eigenvalue weighted by atomic mass is 10.1. The SMILES string of the molecule is Fc1cc(F)c(-n2cc(-c3ccccc3Br)cn2)cc1F. The van der Waals surface area contributed by atoms with Gasteiger partial charge in [0.05, 0.1) is 6.20 Å². The standard InChI is InChI=1S/C15H8BrF3N2/c16-11-4-2-1-3-10(11)9-7-20-21(8-9)15-6-13(18)12(17)5-14(15)19/h1-8H. The van der Waals surface area contributed by atoms with Crippen molar-refractivity contribution in [2.75, 3.05) is 0 Å². The number of aromatic nitrogens is 2. The molecule has 3 aromatic rings. The number of hydrogen-bond acceptors (Lipinski definition) is 1. The van der Waals surface area contributed by atoms with E-state index in [9.17, 15) is 13.2 Å². The van der Waals surface area contributed by atoms with Crippen molar-refractivity contribution in [3.05, 3.63) is 70.7 Å². The second-order valence-electron chi connectivity index (χ2n) is 4.37. The molecule has 0 bridgehead atoms. The Morgan fingerprint density at radius 3 is 2.43 bits per heavy atom. The molecule has 0 amide bonds. The molecule has 0 saturated heterocycles. The lowest BCUT2D eigenvalue weighted by molar-refractivity contribution is 0.491. The summed E-state index contributed by atoms with van der Waals surface area (Å²) >= 11 is 3.41. The molecule has 1 aromatic heterocycles. The molecule has 0 N–H and O–H groups in total. The monoisotopic (exact) mass is 352 g/mol. The summed E-state index contributed by atoms with van der Waals surface area (Å²) in [7, 11) is 0. The molecular formula is C15H8BrF3N2. The van der Waals surface area contributed by atoms with Gasteiger partial charge in [-0.05, 0) is 11.6 Å². The van der Waals surface area contributed by atoms with Crippen molar-refractivity contribution < 1.29 is 13.2 Å². The Morgan fingerprint density at radius 2 is 1.67 bits per heavy atom. The van der Waals surface area contributed by atoms with E-state index in [1.807, 2.05) is 24.3 Å². The van der Waals surface area contributed by atoms with E-state index in [2.05, 4.69) is 21.0 Å². The largest absolute Gasteiger partial charge is 0.237 e. The van der Waals surface area contributed by atoms with E-state index in [1.54, 1.807) is 6.20 Å². The lowest BCUT2D eigenvalue weighted by Crippen LogP contribution is -2.00. The van der Waals surface area contributed by atoms with Gasteiger partial charge in [0.25, 0.3) is 0 Å². The van der Waals surface area contributed by atoms with Gasteiger partial charge < -0.3 is 0 Å². The highest BCUT2D eigenvalue weighted by Crippen LogP contribution is 2.28. The second-order valence-corrected chi connectivity index (χ2v) is 5.23. The summed E-state index contributed by atoms with van der Waals surface area (Å²) in [6.07, 6.45) is 3.08. The van der Waals surface area contributed by atoms with Crippen molar-refractivity contribution in [3.63, 3.8) is 0 Å². The van der Waals surface area contributed by atoms with E-state index in [4.69, 9.17) is 0 Å². The van der Waals surface area contributed by atoms with Crippen LogP contribution in [-0.4, -0.2) is 9.78 Å². The van der Waals surface area contributed by atoms with Crippen LogP contribution in [0.2, 0.25) is 0 Å². The molecule has 2 aromatic carbocycles. The van der Waals surface area contributed by atoms with Crippen LogP contribution in [0, 0.1) is 17.5 Å². The second kappa shape index (κ2) is 5.37. The molecule has 106 valence electrons. The maximum atomic E-state index is 13.7. The molecule has 2 nitrogen and oxygen atoms in total. The quantitative estimate of drug-likeness (QED) is 0.610. The first-order valence-electron chi connectivity index (χ1n) is 6.01. The minimum absolute atomic E-state index is 0.146. The van der Waals surface area contributed by atoms with E-state index < -0.39 is 17.5 Å². The molecule has 0 spiro atoms. The van der Waals surface area contributed by atoms with Gasteiger partial charge in [0, 0.05) is 28.4 Å². The summed E-state index contributed by atoms with van der Waals surface area (Å²) < 4.78 is 42.0. The Balaban J connectivity index is 2.07. The van der Waals surface area contributed by atoms with Crippen molar-refractivity contribution >= 4 is 15.9 Å². The maximum Gasteiger partial charge on any atom is 0.161 e. The van der Waals surface area contributed by atoms with Gasteiger partial charge >= 0.3 is 0 Å². The average Bonchev–Trinajstić information content (AvgIpc) is 2.92. The Bertz CT molecular complexity index is 814. The van der Waals surface area contributed by atoms with Crippen LogP contribution in [0.3, 0.4) is 0 Å². The molecule has 1 heterocycles. The predicted octanol–water partition coefficient (Wildman–Crippen LogP) is 4.72. The minimum Gasteiger partial charge on any atom is -0.237 e. The summed E-state index contributed by atoms with van der Waals surface area (Å²) in [4.78, 5) is 0. The van der Waals surface area contributed by atoms with Crippen molar-refractivity contribution in [2.45, 2.75) is 0 Å². The van der Waals surface area contributed by atoms with Crippen LogP contribution in [0.1, 0.15) is 0 Å². The zero-order valence-corrected chi connectivity index (χ0v) is 12.1. The Morgan fingerprint density at radius 1 is 0.952 bits per heavy atom. The van der Waals surface area contributed by atoms with Crippen LogP contribution in [0.15, 0.2) is 53.3 Å². The number of nitrogens with zero attached hydrogens (tertiary/aromatic N) is 2. The highest BCUT2D eigenvalue weighted by molar-refractivity contribution is 9.10. The van der Waals surface area contributed by atoms with Gasteiger partial charge in [0.15, 0.2) is 17.5 Å². The molecule has 0 aliphatic rings. The van der Waals surface area contributed by atoms with Crippen LogP contribution in [0.5, 0.6) is 0 Å². The molecular weight excluding hydrogens is 345 g/mol. The molecule has 0 radical (unpaired) electrons. The van der Waals surface area contributed by atoms with Crippen molar-refractivity contribution in [1.29, 1.82) is 0 Å². The van der Waals surface area contributed by atoms with Gasteiger partial charge in [-0.3, -0.25) is 0 Å². The fraction of sp³-hybridized carbons (Fsp3) is 0. The van der Waals surface area contributed by atoms with E-state index in [-0.39, 0.29) is 5.69 Å². The molecule has 6 heteroatoms. The molecule has 0 saturated carbocycles. The third-order valence-electron chi connectivity index (χ3n) is 3.00. The van der Waals surface area contributed by atoms with Crippen LogP contribution < -0.4 is 0 Å². The van der Waals surface area contributed by atoms with Gasteiger partial charge in [0.2, 0.25) is 0 Å². The predicted molar refractivity (Wildman–Crippen MR) is 76.6 cm³/mol. The van der Waals surface area contributed by atoms with Gasteiger partial charge in [-0.25, -0.2) is 17.9 Å². The highest BCUT2D eigenvalue weighted by atomic mass is 79.9. The summed E-state index contributed by atoms with van der Waals surface area (Å²) in [6, 6.07) is 8.74. The van der Waals surface area contributed by atoms with Gasteiger partial charge in [-0.2, -0.15) is 5.10 Å². The van der Waals surface area contributed by atoms with Crippen molar-refractivity contribution in [1.82, 2.24) is 9.78 Å². The van der Waals surface area contributed by atoms with E-state index in [0.717, 1.165) is 21.7 Å². The van der Waals surface area contributed by atoms with E-state index in [1.165, 1.54) is 10.9 Å². The zero-order valence-electron chi connectivity index (χ0n) is 10.5. The molecule has 0 fully saturated rings. The third-order valence-corrected chi connectivity index (χ3v) is 3.70. The zero-order chi connectivity index (χ0) is 15.0. The first kappa shape index (κ1) is 13.9. The fourth-order valence-corrected chi connectivity index (χ4v) is 2.49. The lowest BCUT2D eigenvalue weighted by Gasteiger charge is -2.04. The first-order chi connectivity index (χ1) is 10.1. The maximum absolute atomic E-state index is 13.7. The number of benzene rings is 2. The Labute approximate surface area is 127 Å². The fourth-order valence-electron chi connectivity index (χ4n) is 1.98. The molecule has 21 heavy (non-hydrogen) atoms. The van der Waals surface area contributed by atoms with Crippen LogP contribution in [-0.2, 0) is 0 Å². The smallest absolute Gasteiger partial charge is 0.161 e. The Kier molecular flexibility index (Phi) is 3.55. The van der Waals surface area contributed by atoms with E-state index in [0.29, 0.717) is 6.07 Å². The topological polar surface area (TPSA) is 17.8 Å². The summed E-state index contributed by atoms with van der Waals surface area (Å²) in [5.41, 5.74) is 1.45. The van der Waals surface area contributed by atoms with Crippen LogP contribution >= 0.6 is 15.9 Å². The molecule has 3 rings (SSSR count). The summed E-state index contributed by atoms with van der Waals surface area (Å²) in [5, 5.41) is 4.00. The summed E-state index contributed by atoms with van der Waals surface area (Å²) in [6.45, 7) is 0. The Hall–Kier alpha value is -2.08. The molecule has 0 atom stereocenters.